The van der Waals surface area contributed by atoms with E-state index in [4.69, 9.17) is 5.26 Å². The second kappa shape index (κ2) is 8.23. The van der Waals surface area contributed by atoms with Gasteiger partial charge < -0.3 is 0 Å². The number of nitrogens with zero attached hydrogens (tertiary/aromatic N) is 3. The highest BCUT2D eigenvalue weighted by Gasteiger charge is 2.36. The molecule has 5 nitrogen and oxygen atoms in total. The van der Waals surface area contributed by atoms with Crippen molar-refractivity contribution in [2.45, 2.75) is 36.4 Å². The van der Waals surface area contributed by atoms with E-state index in [-0.39, 0.29) is 10.9 Å². The lowest BCUT2D eigenvalue weighted by Crippen LogP contribution is -2.43. The molecule has 0 radical (unpaired) electrons. The Morgan fingerprint density at radius 3 is 2.07 bits per heavy atom. The Kier molecular flexibility index (Phi) is 5.68. The summed E-state index contributed by atoms with van der Waals surface area (Å²) in [6.07, 6.45) is 1.15. The molecule has 2 fully saturated rings. The van der Waals surface area contributed by atoms with Gasteiger partial charge in [-0.25, -0.2) is 12.8 Å². The molecule has 0 bridgehead atoms. The Morgan fingerprint density at radius 2 is 1.48 bits per heavy atom. The van der Waals surface area contributed by atoms with Crippen molar-refractivity contribution >= 4 is 10.0 Å². The van der Waals surface area contributed by atoms with Gasteiger partial charge in [0, 0.05) is 32.2 Å². The van der Waals surface area contributed by atoms with Crippen LogP contribution in [0.2, 0.25) is 0 Å². The highest BCUT2D eigenvalue weighted by atomic mass is 32.2. The molecule has 2 aromatic carbocycles. The van der Waals surface area contributed by atoms with Crippen molar-refractivity contribution in [3.8, 4) is 17.2 Å². The summed E-state index contributed by atoms with van der Waals surface area (Å²) in [6, 6.07) is 16.4. The molecule has 4 rings (SSSR count). The number of alkyl halides is 1. The normalized spacial score (nSPS) is 21.9. The van der Waals surface area contributed by atoms with Crippen LogP contribution in [0, 0.1) is 11.3 Å². The second-order valence-corrected chi connectivity index (χ2v) is 9.67. The van der Waals surface area contributed by atoms with Gasteiger partial charge in [0.1, 0.15) is 6.17 Å². The molecular weight excluding hydrogens is 389 g/mol. The second-order valence-electron chi connectivity index (χ2n) is 7.73. The minimum atomic E-state index is -3.54. The molecule has 152 valence electrons. The number of likely N-dealkylation sites (tertiary alicyclic amines) is 1. The van der Waals surface area contributed by atoms with Crippen molar-refractivity contribution in [1.29, 1.82) is 5.26 Å². The predicted molar refractivity (Wildman–Crippen MR) is 109 cm³/mol. The molecule has 2 aromatic rings. The average molecular weight is 414 g/mol. The smallest absolute Gasteiger partial charge is 0.243 e. The number of hydrogen-bond acceptors (Lipinski definition) is 4. The molecule has 0 amide bonds. The van der Waals surface area contributed by atoms with Crippen LogP contribution in [-0.4, -0.2) is 56.0 Å². The first-order valence-corrected chi connectivity index (χ1v) is 11.4. The van der Waals surface area contributed by atoms with E-state index in [9.17, 15) is 12.8 Å². The summed E-state index contributed by atoms with van der Waals surface area (Å²) in [5.74, 6) is 0. The maximum atomic E-state index is 13.4. The lowest BCUT2D eigenvalue weighted by Gasteiger charge is -2.33. The maximum Gasteiger partial charge on any atom is 0.243 e. The van der Waals surface area contributed by atoms with Crippen molar-refractivity contribution < 1.29 is 12.8 Å². The summed E-state index contributed by atoms with van der Waals surface area (Å²) in [5, 5.41) is 8.90. The van der Waals surface area contributed by atoms with E-state index in [1.165, 1.54) is 0 Å². The third-order valence-corrected chi connectivity index (χ3v) is 7.82. The van der Waals surface area contributed by atoms with Crippen LogP contribution in [0.4, 0.5) is 4.39 Å². The van der Waals surface area contributed by atoms with Crippen molar-refractivity contribution in [1.82, 2.24) is 9.21 Å². The van der Waals surface area contributed by atoms with Crippen molar-refractivity contribution in [3.05, 3.63) is 54.1 Å². The van der Waals surface area contributed by atoms with E-state index in [0.29, 0.717) is 44.6 Å². The summed E-state index contributed by atoms with van der Waals surface area (Å²) in [4.78, 5) is 2.53. The van der Waals surface area contributed by atoms with Gasteiger partial charge in [-0.2, -0.15) is 9.57 Å². The third-order valence-electron chi connectivity index (χ3n) is 5.94. The van der Waals surface area contributed by atoms with Gasteiger partial charge in [-0.15, -0.1) is 0 Å². The number of nitriles is 1. The third kappa shape index (κ3) is 4.20. The van der Waals surface area contributed by atoms with E-state index in [0.717, 1.165) is 17.5 Å². The van der Waals surface area contributed by atoms with Crippen LogP contribution in [0.3, 0.4) is 0 Å². The van der Waals surface area contributed by atoms with Gasteiger partial charge in [0.05, 0.1) is 16.5 Å². The van der Waals surface area contributed by atoms with E-state index in [1.807, 2.05) is 12.1 Å². The minimum Gasteiger partial charge on any atom is -0.299 e. The monoisotopic (exact) mass is 413 g/mol. The fraction of sp³-hybridized carbons (Fsp3) is 0.409. The van der Waals surface area contributed by atoms with E-state index >= 15 is 0 Å². The lowest BCUT2D eigenvalue weighted by molar-refractivity contribution is 0.116. The van der Waals surface area contributed by atoms with Gasteiger partial charge in [0.25, 0.3) is 0 Å². The predicted octanol–water partition coefficient (Wildman–Crippen LogP) is 3.42. The molecule has 0 spiro atoms. The van der Waals surface area contributed by atoms with Gasteiger partial charge >= 0.3 is 0 Å². The number of piperidine rings is 1. The summed E-state index contributed by atoms with van der Waals surface area (Å²) in [6.45, 7) is 2.38. The van der Waals surface area contributed by atoms with Crippen LogP contribution in [0.5, 0.6) is 0 Å². The Labute approximate surface area is 171 Å². The molecule has 2 aliphatic rings. The first-order valence-electron chi connectivity index (χ1n) is 9.96. The van der Waals surface area contributed by atoms with Crippen LogP contribution < -0.4 is 0 Å². The van der Waals surface area contributed by atoms with Gasteiger partial charge in [-0.3, -0.25) is 4.90 Å². The number of rotatable bonds is 4. The maximum absolute atomic E-state index is 13.4. The first-order chi connectivity index (χ1) is 14.0. The van der Waals surface area contributed by atoms with Crippen LogP contribution in [-0.2, 0) is 10.0 Å². The quantitative estimate of drug-likeness (QED) is 0.770. The summed E-state index contributed by atoms with van der Waals surface area (Å²) in [5.41, 5.74) is 2.43. The highest BCUT2D eigenvalue weighted by Crippen LogP contribution is 2.28. The molecule has 2 aliphatic heterocycles. The zero-order chi connectivity index (χ0) is 20.4. The molecule has 0 N–H and O–H groups in total. The Bertz CT molecular complexity index is 992. The van der Waals surface area contributed by atoms with Crippen molar-refractivity contribution in [2.75, 3.05) is 26.2 Å². The first kappa shape index (κ1) is 20.0. The number of benzene rings is 2. The van der Waals surface area contributed by atoms with Crippen LogP contribution in [0.25, 0.3) is 11.1 Å². The average Bonchev–Trinajstić information content (AvgIpc) is 3.26. The zero-order valence-electron chi connectivity index (χ0n) is 16.2. The SMILES string of the molecule is N#Cc1ccc(-c2ccc(S(=O)(=O)N3CCC(N4CCC(F)CC4)C3)cc2)cc1. The number of hydrogen-bond donors (Lipinski definition) is 0. The van der Waals surface area contributed by atoms with Gasteiger partial charge in [-0.1, -0.05) is 24.3 Å². The van der Waals surface area contributed by atoms with Crippen molar-refractivity contribution in [2.24, 2.45) is 0 Å². The molecule has 1 unspecified atom stereocenters. The molecule has 0 aliphatic carbocycles. The summed E-state index contributed by atoms with van der Waals surface area (Å²) >= 11 is 0. The molecular formula is C22H24FN3O2S. The number of sulfonamides is 1. The van der Waals surface area contributed by atoms with E-state index in [2.05, 4.69) is 11.0 Å². The lowest BCUT2D eigenvalue weighted by atomic mass is 10.0. The molecule has 29 heavy (non-hydrogen) atoms. The fourth-order valence-corrected chi connectivity index (χ4v) is 5.66. The fourth-order valence-electron chi connectivity index (χ4n) is 4.17. The Balaban J connectivity index is 1.45. The number of halogens is 1. The molecule has 2 saturated heterocycles. The molecule has 0 saturated carbocycles. The topological polar surface area (TPSA) is 64.4 Å². The molecule has 1 atom stereocenters. The van der Waals surface area contributed by atoms with E-state index < -0.39 is 16.2 Å². The summed E-state index contributed by atoms with van der Waals surface area (Å²) < 4.78 is 41.0. The van der Waals surface area contributed by atoms with Crippen LogP contribution in [0.15, 0.2) is 53.4 Å². The molecule has 0 aromatic heterocycles. The van der Waals surface area contributed by atoms with Gasteiger partial charge in [-0.05, 0) is 54.7 Å². The minimum absolute atomic E-state index is 0.176. The molecule has 2 heterocycles. The Morgan fingerprint density at radius 1 is 0.897 bits per heavy atom. The van der Waals surface area contributed by atoms with Crippen LogP contribution >= 0.6 is 0 Å². The van der Waals surface area contributed by atoms with E-state index in [1.54, 1.807) is 40.7 Å². The highest BCUT2D eigenvalue weighted by molar-refractivity contribution is 7.89. The Hall–Kier alpha value is -2.27. The molecule has 7 heteroatoms. The van der Waals surface area contributed by atoms with Gasteiger partial charge in [0.2, 0.25) is 10.0 Å². The standard InChI is InChI=1S/C22H24FN3O2S/c23-20-9-12-25(13-10-20)21-11-14-26(16-21)29(27,28)22-7-5-19(6-8-22)18-3-1-17(15-24)2-4-18/h1-8,20-21H,9-14,16H2. The van der Waals surface area contributed by atoms with Gasteiger partial charge in [0.15, 0.2) is 0 Å². The largest absolute Gasteiger partial charge is 0.299 e. The summed E-state index contributed by atoms with van der Waals surface area (Å²) in [7, 11) is -3.54. The zero-order valence-corrected chi connectivity index (χ0v) is 17.0. The van der Waals surface area contributed by atoms with Crippen LogP contribution in [0.1, 0.15) is 24.8 Å². The van der Waals surface area contributed by atoms with Crippen molar-refractivity contribution in [3.63, 3.8) is 0 Å².